The Kier molecular flexibility index (Phi) is 7.24. The molecule has 0 N–H and O–H groups in total. The summed E-state index contributed by atoms with van der Waals surface area (Å²) in [4.78, 5) is 12.2. The van der Waals surface area contributed by atoms with E-state index in [9.17, 15) is 9.18 Å². The minimum absolute atomic E-state index is 0.0607. The summed E-state index contributed by atoms with van der Waals surface area (Å²) >= 11 is 0. The van der Waals surface area contributed by atoms with Gasteiger partial charge >= 0.3 is 5.97 Å². The normalized spacial score (nSPS) is 18.7. The smallest absolute Gasteiger partial charge is 0.343 e. The molecule has 0 unspecified atom stereocenters. The van der Waals surface area contributed by atoms with Crippen molar-refractivity contribution in [1.82, 2.24) is 0 Å². The van der Waals surface area contributed by atoms with Gasteiger partial charge in [0.2, 0.25) is 0 Å². The van der Waals surface area contributed by atoms with Gasteiger partial charge in [0, 0.05) is 6.07 Å². The molecule has 5 heteroatoms. The first-order valence-electron chi connectivity index (χ1n) is 10.2. The molecule has 0 bridgehead atoms. The number of nitriles is 1. The van der Waals surface area contributed by atoms with Crippen LogP contribution < -0.4 is 9.47 Å². The molecule has 1 aliphatic rings. The van der Waals surface area contributed by atoms with Gasteiger partial charge in [0.15, 0.2) is 0 Å². The number of rotatable bonds is 7. The topological polar surface area (TPSA) is 59.3 Å². The summed E-state index contributed by atoms with van der Waals surface area (Å²) in [7, 11) is 0. The van der Waals surface area contributed by atoms with Crippen molar-refractivity contribution < 1.29 is 18.7 Å². The second-order valence-electron chi connectivity index (χ2n) is 7.65. The second-order valence-corrected chi connectivity index (χ2v) is 7.65. The fraction of sp³-hybridized carbons (Fsp3) is 0.417. The standard InChI is InChI=1S/C24H26FNO3/c1-2-3-17-4-6-18(7-5-17)16-28-21-11-8-19(9-12-21)24(27)29-22-13-10-20(15-26)23(25)14-22/h8-14,17-18H,2-7,16H2,1H3. The molecule has 4 nitrogen and oxygen atoms in total. The number of esters is 1. The summed E-state index contributed by atoms with van der Waals surface area (Å²) in [5, 5.41) is 8.75. The lowest BCUT2D eigenvalue weighted by Gasteiger charge is -2.28. The van der Waals surface area contributed by atoms with Crippen LogP contribution in [0.4, 0.5) is 4.39 Å². The van der Waals surface area contributed by atoms with E-state index in [0.29, 0.717) is 18.1 Å². The lowest BCUT2D eigenvalue weighted by molar-refractivity contribution is 0.0734. The average Bonchev–Trinajstić information content (AvgIpc) is 2.74. The van der Waals surface area contributed by atoms with Gasteiger partial charge in [-0.3, -0.25) is 0 Å². The minimum Gasteiger partial charge on any atom is -0.493 e. The van der Waals surface area contributed by atoms with Gasteiger partial charge in [0.25, 0.3) is 0 Å². The Balaban J connectivity index is 1.49. The van der Waals surface area contributed by atoms with Crippen molar-refractivity contribution in [3.8, 4) is 17.6 Å². The number of hydrogen-bond acceptors (Lipinski definition) is 4. The summed E-state index contributed by atoms with van der Waals surface area (Å²) < 4.78 is 24.7. The molecule has 29 heavy (non-hydrogen) atoms. The van der Waals surface area contributed by atoms with Gasteiger partial charge in [-0.05, 0) is 61.1 Å². The molecule has 0 amide bonds. The molecule has 2 aromatic carbocycles. The third kappa shape index (κ3) is 5.80. The van der Waals surface area contributed by atoms with Crippen molar-refractivity contribution in [3.63, 3.8) is 0 Å². The maximum absolute atomic E-state index is 13.6. The SMILES string of the molecule is CCCC1CCC(COc2ccc(C(=O)Oc3ccc(C#N)c(F)c3)cc2)CC1. The predicted molar refractivity (Wildman–Crippen MR) is 108 cm³/mol. The van der Waals surface area contributed by atoms with Crippen molar-refractivity contribution in [2.45, 2.75) is 45.4 Å². The number of halogens is 1. The van der Waals surface area contributed by atoms with Crippen LogP contribution in [0.25, 0.3) is 0 Å². The van der Waals surface area contributed by atoms with Crippen LogP contribution >= 0.6 is 0 Å². The fourth-order valence-electron chi connectivity index (χ4n) is 3.81. The molecular formula is C24H26FNO3. The van der Waals surface area contributed by atoms with E-state index in [2.05, 4.69) is 6.92 Å². The average molecular weight is 395 g/mol. The van der Waals surface area contributed by atoms with Gasteiger partial charge in [0.1, 0.15) is 23.4 Å². The highest BCUT2D eigenvalue weighted by Gasteiger charge is 2.21. The number of carbonyl (C=O) groups excluding carboxylic acids is 1. The lowest BCUT2D eigenvalue weighted by Crippen LogP contribution is -2.20. The van der Waals surface area contributed by atoms with Gasteiger partial charge in [-0.15, -0.1) is 0 Å². The van der Waals surface area contributed by atoms with Crippen LogP contribution in [0, 0.1) is 29.0 Å². The zero-order valence-electron chi connectivity index (χ0n) is 16.7. The molecule has 1 aliphatic carbocycles. The Morgan fingerprint density at radius 3 is 2.34 bits per heavy atom. The Morgan fingerprint density at radius 1 is 1.07 bits per heavy atom. The molecule has 2 aromatic rings. The lowest BCUT2D eigenvalue weighted by atomic mass is 9.80. The van der Waals surface area contributed by atoms with E-state index in [0.717, 1.165) is 17.7 Å². The van der Waals surface area contributed by atoms with E-state index >= 15 is 0 Å². The van der Waals surface area contributed by atoms with Crippen LogP contribution in [-0.2, 0) is 0 Å². The largest absolute Gasteiger partial charge is 0.493 e. The van der Waals surface area contributed by atoms with Crippen LogP contribution in [-0.4, -0.2) is 12.6 Å². The first-order chi connectivity index (χ1) is 14.1. The fourth-order valence-corrected chi connectivity index (χ4v) is 3.81. The van der Waals surface area contributed by atoms with E-state index in [4.69, 9.17) is 14.7 Å². The number of carbonyl (C=O) groups is 1. The van der Waals surface area contributed by atoms with E-state index in [1.165, 1.54) is 50.7 Å². The van der Waals surface area contributed by atoms with E-state index in [-0.39, 0.29) is 11.3 Å². The van der Waals surface area contributed by atoms with Crippen molar-refractivity contribution in [2.75, 3.05) is 6.61 Å². The van der Waals surface area contributed by atoms with Crippen molar-refractivity contribution >= 4 is 5.97 Å². The summed E-state index contributed by atoms with van der Waals surface area (Å²) in [6.45, 7) is 2.95. The predicted octanol–water partition coefficient (Wildman–Crippen LogP) is 5.90. The zero-order chi connectivity index (χ0) is 20.6. The maximum atomic E-state index is 13.6. The van der Waals surface area contributed by atoms with Gasteiger partial charge in [0.05, 0.1) is 17.7 Å². The Labute approximate surface area is 171 Å². The first-order valence-corrected chi connectivity index (χ1v) is 10.2. The second kappa shape index (κ2) is 10.1. The number of hydrogen-bond donors (Lipinski definition) is 0. The molecule has 0 radical (unpaired) electrons. The molecule has 0 aliphatic heterocycles. The molecule has 0 aromatic heterocycles. The molecule has 0 saturated heterocycles. The van der Waals surface area contributed by atoms with Crippen LogP contribution in [0.15, 0.2) is 42.5 Å². The quantitative estimate of drug-likeness (QED) is 0.432. The van der Waals surface area contributed by atoms with Gasteiger partial charge < -0.3 is 9.47 Å². The Hall–Kier alpha value is -2.87. The number of nitrogens with zero attached hydrogens (tertiary/aromatic N) is 1. The summed E-state index contributed by atoms with van der Waals surface area (Å²) in [5.41, 5.74) is 0.257. The van der Waals surface area contributed by atoms with Gasteiger partial charge in [-0.2, -0.15) is 5.26 Å². The highest BCUT2D eigenvalue weighted by atomic mass is 19.1. The molecule has 152 valence electrons. The van der Waals surface area contributed by atoms with E-state index in [1.54, 1.807) is 30.3 Å². The molecule has 1 fully saturated rings. The van der Waals surface area contributed by atoms with Gasteiger partial charge in [-0.1, -0.05) is 32.6 Å². The van der Waals surface area contributed by atoms with Crippen molar-refractivity contribution in [1.29, 1.82) is 5.26 Å². The first kappa shape index (κ1) is 20.9. The van der Waals surface area contributed by atoms with Crippen LogP contribution in [0.5, 0.6) is 11.5 Å². The molecular weight excluding hydrogens is 369 g/mol. The third-order valence-corrected chi connectivity index (χ3v) is 5.51. The monoisotopic (exact) mass is 395 g/mol. The molecule has 0 atom stereocenters. The molecule has 3 rings (SSSR count). The Morgan fingerprint density at radius 2 is 1.72 bits per heavy atom. The highest BCUT2D eigenvalue weighted by Crippen LogP contribution is 2.32. The van der Waals surface area contributed by atoms with Crippen LogP contribution in [0.1, 0.15) is 61.4 Å². The molecule has 0 spiro atoms. The highest BCUT2D eigenvalue weighted by molar-refractivity contribution is 5.91. The zero-order valence-corrected chi connectivity index (χ0v) is 16.7. The Bertz CT molecular complexity index is 865. The van der Waals surface area contributed by atoms with E-state index < -0.39 is 11.8 Å². The summed E-state index contributed by atoms with van der Waals surface area (Å²) in [5.74, 6) is 0.956. The molecule has 0 heterocycles. The summed E-state index contributed by atoms with van der Waals surface area (Å²) in [6, 6.07) is 12.2. The third-order valence-electron chi connectivity index (χ3n) is 5.51. The number of benzene rings is 2. The maximum Gasteiger partial charge on any atom is 0.343 e. The molecule has 1 saturated carbocycles. The van der Waals surface area contributed by atoms with Gasteiger partial charge in [-0.25, -0.2) is 9.18 Å². The minimum atomic E-state index is -0.717. The van der Waals surface area contributed by atoms with Crippen LogP contribution in [0.2, 0.25) is 0 Å². The van der Waals surface area contributed by atoms with Crippen molar-refractivity contribution in [2.24, 2.45) is 11.8 Å². The van der Waals surface area contributed by atoms with E-state index in [1.807, 2.05) is 0 Å². The number of ether oxygens (including phenoxy) is 2. The van der Waals surface area contributed by atoms with Crippen molar-refractivity contribution in [3.05, 3.63) is 59.4 Å². The summed E-state index contributed by atoms with van der Waals surface area (Å²) in [6.07, 6.45) is 7.62. The van der Waals surface area contributed by atoms with Crippen LogP contribution in [0.3, 0.4) is 0 Å².